The van der Waals surface area contributed by atoms with E-state index in [4.69, 9.17) is 5.73 Å². The second kappa shape index (κ2) is 46.6. The molecule has 36 heteroatoms. The van der Waals surface area contributed by atoms with Crippen LogP contribution in [-0.4, -0.2) is 255 Å². The predicted molar refractivity (Wildman–Crippen MR) is 475 cm³/mol. The number of H-pyrrole nitrogens is 1. The van der Waals surface area contributed by atoms with E-state index in [1.54, 1.807) is 149 Å². The number of unbranched alkanes of at least 4 members (excludes halogenated alkanes) is 1. The average Bonchev–Trinajstić information content (AvgIpc) is 0.863. The smallest absolute Gasteiger partial charge is 0.305 e. The number of nitrogens with one attached hydrogen (secondary N) is 10. The second-order valence-corrected chi connectivity index (χ2v) is 33.9. The molecule has 128 heavy (non-hydrogen) atoms. The molecule has 3 heterocycles. The van der Waals surface area contributed by atoms with Crippen LogP contribution in [0.2, 0.25) is 0 Å². The van der Waals surface area contributed by atoms with Crippen LogP contribution in [0.15, 0.2) is 164 Å². The minimum Gasteiger partial charge on any atom is -0.508 e. The first-order valence-electron chi connectivity index (χ1n) is 42.3. The maximum Gasteiger partial charge on any atom is 0.305 e. The van der Waals surface area contributed by atoms with Crippen LogP contribution in [0.3, 0.4) is 0 Å². The highest BCUT2D eigenvalue weighted by molar-refractivity contribution is 8.00. The Hall–Kier alpha value is -13.5. The number of hydrogen-bond acceptors (Lipinski definition) is 18. The molecular formula is C92H113FN16O18S. The van der Waals surface area contributed by atoms with Crippen molar-refractivity contribution in [1.29, 1.82) is 0 Å². The van der Waals surface area contributed by atoms with Crippen molar-refractivity contribution in [2.45, 2.75) is 172 Å². The highest BCUT2D eigenvalue weighted by Crippen LogP contribution is 2.31. The van der Waals surface area contributed by atoms with Gasteiger partial charge in [-0.15, -0.1) is 11.8 Å². The molecule has 34 nitrogen and oxygen atoms in total. The van der Waals surface area contributed by atoms with Crippen molar-refractivity contribution in [3.8, 4) is 5.75 Å². The quantitative estimate of drug-likeness (QED) is 0.0492. The van der Waals surface area contributed by atoms with Gasteiger partial charge in [-0.3, -0.25) is 76.7 Å². The molecule has 1 saturated heterocycles. The second-order valence-electron chi connectivity index (χ2n) is 32.9. The monoisotopic (exact) mass is 1780 g/mol. The standard InChI is InChI=1S/C92H113FN16O18S/c1-10-11-31-72-90(125)105(6)49-77(112)98-68(46-80(115)116)86(121)104-81(54(4)5)92(127)107(8)74(41-56-25-17-13-18-26-56)87(122)102-70-43-59-34-35-61(93)45-73(59)109(89(70)124)50-78(113)97-67(44-60-47-95-64-30-22-21-29-63(60)64)85(120)101-66(39-58-32-36-62(110)37-33-58)84(119)100-65(38-53(2)3)83(118)103-71(82(117)96-48-76(94)111)51-128-52-79(114)99-69(40-55-23-15-12-16-24-55)88(123)108(9)75(91(126)106(72)7)42-57-27-19-14-20-28-57/h12-30,32-37,45,47,53-54,65-72,74-75,81,95,110H,10-11,31,38-44,46,48-52H2,1-9H3,(H2,94,111)(H,96,117)(H,97,113)(H,98,112)(H,99,114)(H,100,119)(H,101,120)(H,102,122)(H,103,118)(H,104,121)(H,115,116)/t65-,66-,67-,68-,69-,70-,71-,72-,74-,75-,81-/m0/s1. The van der Waals surface area contributed by atoms with E-state index in [9.17, 15) is 48.6 Å². The Morgan fingerprint density at radius 3 is 1.67 bits per heavy atom. The van der Waals surface area contributed by atoms with E-state index in [-0.39, 0.29) is 74.3 Å². The van der Waals surface area contributed by atoms with Gasteiger partial charge >= 0.3 is 5.97 Å². The Balaban J connectivity index is 1.11. The van der Waals surface area contributed by atoms with E-state index in [0.717, 1.165) is 38.6 Å². The van der Waals surface area contributed by atoms with Crippen LogP contribution in [-0.2, 0) is 115 Å². The van der Waals surface area contributed by atoms with Crippen LogP contribution < -0.4 is 58.5 Å². The van der Waals surface area contributed by atoms with Gasteiger partial charge in [0.1, 0.15) is 84.6 Å². The molecule has 6 aromatic carbocycles. The average molecular weight is 1780 g/mol. The molecule has 0 radical (unpaired) electrons. The largest absolute Gasteiger partial charge is 0.508 e. The number of para-hydroxylation sites is 1. The number of rotatable bonds is 21. The lowest BCUT2D eigenvalue weighted by Gasteiger charge is -2.37. The number of phenolic OH excluding ortho intramolecular Hbond substituents is 1. The minimum absolute atomic E-state index is 0.0282. The van der Waals surface area contributed by atoms with Gasteiger partial charge in [0.2, 0.25) is 88.6 Å². The number of nitrogens with zero attached hydrogens (tertiary/aromatic N) is 5. The van der Waals surface area contributed by atoms with Crippen molar-refractivity contribution in [1.82, 2.24) is 72.4 Å². The van der Waals surface area contributed by atoms with Crippen molar-refractivity contribution in [3.05, 3.63) is 203 Å². The van der Waals surface area contributed by atoms with Crippen molar-refractivity contribution >= 4 is 123 Å². The summed E-state index contributed by atoms with van der Waals surface area (Å²) in [5, 5.41) is 45.1. The van der Waals surface area contributed by atoms with Gasteiger partial charge < -0.3 is 93.3 Å². The van der Waals surface area contributed by atoms with Gasteiger partial charge in [0.15, 0.2) is 0 Å². The first-order valence-corrected chi connectivity index (χ1v) is 43.5. The van der Waals surface area contributed by atoms with Gasteiger partial charge in [-0.25, -0.2) is 4.39 Å². The Morgan fingerprint density at radius 2 is 1.06 bits per heavy atom. The van der Waals surface area contributed by atoms with Gasteiger partial charge in [0.25, 0.3) is 0 Å². The summed E-state index contributed by atoms with van der Waals surface area (Å²) in [6, 6.07) is 24.8. The number of nitrogens with two attached hydrogens (primary N) is 1. The van der Waals surface area contributed by atoms with Crippen LogP contribution in [0.4, 0.5) is 10.1 Å². The zero-order chi connectivity index (χ0) is 93.2. The molecule has 0 aliphatic carbocycles. The van der Waals surface area contributed by atoms with Crippen LogP contribution in [0, 0.1) is 17.7 Å². The third kappa shape index (κ3) is 27.7. The molecule has 0 saturated carbocycles. The molecule has 15 amide bonds. The number of halogens is 1. The maximum absolute atomic E-state index is 15.6. The summed E-state index contributed by atoms with van der Waals surface area (Å²) in [5.74, 6) is -18.4. The molecule has 14 N–H and O–H groups in total. The maximum atomic E-state index is 15.6. The molecule has 0 unspecified atom stereocenters. The molecule has 11 atom stereocenters. The SMILES string of the molecule is CCCC[C@H]1C(=O)N(C)CC(=O)N[C@@H](CC(=O)O)C(=O)N[C@@H](C(C)C)C(=O)N(C)[C@@H](Cc2ccccc2)C(=O)N[C@H]2Cc3ccc(F)cc3N(CC(=O)N[C@@H](Cc3c[nH]c4ccccc34)C(=O)N[C@@H](Cc3ccc(O)cc3)C(=O)N[C@@H](CC(C)C)C(=O)N[C@H](C(=O)NCC(N)=O)CSCC(=O)N[C@@H](Cc3ccccc3)C(=O)N(C)[C@@H](Cc3ccccc3)C(=O)N1C)C2=O. The van der Waals surface area contributed by atoms with Gasteiger partial charge in [0, 0.05) is 89.6 Å². The highest BCUT2D eigenvalue weighted by atomic mass is 32.2. The van der Waals surface area contributed by atoms with Crippen molar-refractivity contribution in [2.24, 2.45) is 17.6 Å². The number of hydrogen-bond donors (Lipinski definition) is 13. The summed E-state index contributed by atoms with van der Waals surface area (Å²) in [5.41, 5.74) is 8.81. The highest BCUT2D eigenvalue weighted by Gasteiger charge is 2.44. The van der Waals surface area contributed by atoms with Gasteiger partial charge in [-0.1, -0.05) is 175 Å². The zero-order valence-corrected chi connectivity index (χ0v) is 73.8. The van der Waals surface area contributed by atoms with E-state index in [1.807, 2.05) is 6.92 Å². The Labute approximate surface area is 745 Å². The molecule has 0 spiro atoms. The number of aromatic amines is 1. The third-order valence-corrected chi connectivity index (χ3v) is 23.3. The fraction of sp³-hybridized carbons (Fsp3) is 0.413. The summed E-state index contributed by atoms with van der Waals surface area (Å²) in [6.07, 6.45) is -0.0176. The number of aromatic nitrogens is 1. The Kier molecular flexibility index (Phi) is 35.8. The van der Waals surface area contributed by atoms with Crippen molar-refractivity contribution < 1.29 is 91.3 Å². The number of carbonyl (C=O) groups excluding carboxylic acids is 15. The van der Waals surface area contributed by atoms with Crippen LogP contribution in [0.25, 0.3) is 10.9 Å². The first kappa shape index (κ1) is 98.3. The van der Waals surface area contributed by atoms with Gasteiger partial charge in [-0.05, 0) is 88.4 Å². The summed E-state index contributed by atoms with van der Waals surface area (Å²) < 4.78 is 15.6. The zero-order valence-electron chi connectivity index (χ0n) is 72.9. The Bertz CT molecular complexity index is 5140. The summed E-state index contributed by atoms with van der Waals surface area (Å²) in [6.45, 7) is 5.99. The normalized spacial score (nSPS) is 22.2. The lowest BCUT2D eigenvalue weighted by Crippen LogP contribution is -2.62. The number of primary amides is 1. The lowest BCUT2D eigenvalue weighted by atomic mass is 9.95. The number of benzene rings is 6. The molecule has 7 aromatic rings. The van der Waals surface area contributed by atoms with Gasteiger partial charge in [-0.2, -0.15) is 0 Å². The third-order valence-electron chi connectivity index (χ3n) is 22.3. The first-order chi connectivity index (χ1) is 61.0. The number of carboxylic acids is 1. The molecule has 2 aliphatic heterocycles. The summed E-state index contributed by atoms with van der Waals surface area (Å²) in [7, 11) is 5.26. The molecule has 9 rings (SSSR count). The number of aromatic hydroxyl groups is 1. The van der Waals surface area contributed by atoms with Crippen LogP contribution in [0.1, 0.15) is 100 Å². The molecule has 1 fully saturated rings. The number of carbonyl (C=O) groups is 16. The molecule has 2 bridgehead atoms. The number of anilines is 1. The van der Waals surface area contributed by atoms with Crippen LogP contribution >= 0.6 is 11.8 Å². The van der Waals surface area contributed by atoms with E-state index in [0.29, 0.717) is 51.6 Å². The number of fused-ring (bicyclic) bond motifs is 5. The Morgan fingerprint density at radius 1 is 0.531 bits per heavy atom. The number of likely N-dealkylation sites (N-methyl/N-ethyl adjacent to an activating group) is 4. The van der Waals surface area contributed by atoms with E-state index < -0.39 is 210 Å². The number of carboxylic acid groups (broad SMARTS) is 1. The fourth-order valence-corrected chi connectivity index (χ4v) is 16.2. The van der Waals surface area contributed by atoms with Gasteiger partial charge in [0.05, 0.1) is 31.0 Å². The summed E-state index contributed by atoms with van der Waals surface area (Å²) in [4.78, 5) is 243. The van der Waals surface area contributed by atoms with Crippen molar-refractivity contribution in [3.63, 3.8) is 0 Å². The predicted octanol–water partition coefficient (Wildman–Crippen LogP) is 2.65. The molecule has 1 aromatic heterocycles. The van der Waals surface area contributed by atoms with E-state index >= 15 is 42.7 Å². The van der Waals surface area contributed by atoms with Crippen LogP contribution in [0.5, 0.6) is 5.75 Å². The van der Waals surface area contributed by atoms with Crippen molar-refractivity contribution in [2.75, 3.05) is 64.2 Å². The van der Waals surface area contributed by atoms with E-state index in [1.165, 1.54) is 68.3 Å². The molecule has 2 aliphatic rings. The topological polar surface area (TPSA) is 480 Å². The number of aliphatic carboxylic acids is 1. The van der Waals surface area contributed by atoms with E-state index in [2.05, 4.69) is 52.8 Å². The lowest BCUT2D eigenvalue weighted by molar-refractivity contribution is -0.151. The number of thioether (sulfide) groups is 1. The summed E-state index contributed by atoms with van der Waals surface area (Å²) >= 11 is 0.822. The number of amides is 15. The molecular weight excluding hydrogens is 1670 g/mol. The fourth-order valence-electron chi connectivity index (χ4n) is 15.3. The molecule has 682 valence electrons. The minimum atomic E-state index is -1.91. The number of phenols is 1.